The lowest BCUT2D eigenvalue weighted by Gasteiger charge is -2.32. The second-order valence-corrected chi connectivity index (χ2v) is 5.94. The SMILES string of the molecule is NNC(c1ccc(Cl)cc1F)C1CCCc2ccccc21. The van der Waals surface area contributed by atoms with Gasteiger partial charge in [0, 0.05) is 16.5 Å². The number of fused-ring (bicyclic) bond motifs is 1. The fourth-order valence-electron chi connectivity index (χ4n) is 3.31. The van der Waals surface area contributed by atoms with Crippen LogP contribution in [0.4, 0.5) is 4.39 Å². The van der Waals surface area contributed by atoms with Crippen LogP contribution in [0.1, 0.15) is 41.5 Å². The van der Waals surface area contributed by atoms with Gasteiger partial charge >= 0.3 is 0 Å². The van der Waals surface area contributed by atoms with Crippen LogP contribution in [0.2, 0.25) is 5.02 Å². The number of hydrogen-bond donors (Lipinski definition) is 2. The Morgan fingerprint density at radius 3 is 2.81 bits per heavy atom. The first kappa shape index (κ1) is 14.5. The molecule has 0 radical (unpaired) electrons. The Bertz CT molecular complexity index is 644. The summed E-state index contributed by atoms with van der Waals surface area (Å²) in [4.78, 5) is 0. The summed E-state index contributed by atoms with van der Waals surface area (Å²) in [6.45, 7) is 0. The van der Waals surface area contributed by atoms with E-state index in [-0.39, 0.29) is 17.8 Å². The Morgan fingerprint density at radius 1 is 1.24 bits per heavy atom. The predicted molar refractivity (Wildman–Crippen MR) is 83.6 cm³/mol. The molecular formula is C17H18ClFN2. The largest absolute Gasteiger partial charge is 0.271 e. The van der Waals surface area contributed by atoms with Crippen molar-refractivity contribution in [1.82, 2.24) is 5.43 Å². The summed E-state index contributed by atoms with van der Waals surface area (Å²) < 4.78 is 14.2. The number of benzene rings is 2. The van der Waals surface area contributed by atoms with Gasteiger partial charge in [-0.15, -0.1) is 0 Å². The molecule has 2 aromatic carbocycles. The molecule has 3 rings (SSSR count). The molecule has 0 aliphatic heterocycles. The molecule has 0 aromatic heterocycles. The van der Waals surface area contributed by atoms with Crippen molar-refractivity contribution in [2.24, 2.45) is 5.84 Å². The molecule has 4 heteroatoms. The number of aryl methyl sites for hydroxylation is 1. The molecule has 21 heavy (non-hydrogen) atoms. The summed E-state index contributed by atoms with van der Waals surface area (Å²) in [5.41, 5.74) is 5.98. The Morgan fingerprint density at radius 2 is 2.05 bits per heavy atom. The lowest BCUT2D eigenvalue weighted by atomic mass is 9.77. The summed E-state index contributed by atoms with van der Waals surface area (Å²) in [5, 5.41) is 0.399. The van der Waals surface area contributed by atoms with Gasteiger partial charge in [-0.3, -0.25) is 11.3 Å². The topological polar surface area (TPSA) is 38.0 Å². The van der Waals surface area contributed by atoms with Gasteiger partial charge in [-0.2, -0.15) is 0 Å². The second-order valence-electron chi connectivity index (χ2n) is 5.51. The molecule has 2 unspecified atom stereocenters. The molecule has 3 N–H and O–H groups in total. The van der Waals surface area contributed by atoms with Crippen molar-refractivity contribution >= 4 is 11.6 Å². The number of nitrogens with one attached hydrogen (secondary N) is 1. The van der Waals surface area contributed by atoms with Crippen LogP contribution in [0, 0.1) is 5.82 Å². The summed E-state index contributed by atoms with van der Waals surface area (Å²) in [5.74, 6) is 5.61. The molecule has 2 nitrogen and oxygen atoms in total. The van der Waals surface area contributed by atoms with E-state index in [9.17, 15) is 4.39 Å². The maximum absolute atomic E-state index is 14.2. The standard InChI is InChI=1S/C17H18ClFN2/c18-12-8-9-15(16(19)10-12)17(21-20)14-7-3-5-11-4-1-2-6-13(11)14/h1-2,4,6,8-10,14,17,21H,3,5,7,20H2. The van der Waals surface area contributed by atoms with Gasteiger partial charge in [-0.25, -0.2) is 4.39 Å². The van der Waals surface area contributed by atoms with E-state index < -0.39 is 0 Å². The number of nitrogens with two attached hydrogens (primary N) is 1. The van der Waals surface area contributed by atoms with Gasteiger partial charge < -0.3 is 0 Å². The molecular weight excluding hydrogens is 287 g/mol. The third-order valence-electron chi connectivity index (χ3n) is 4.30. The molecule has 2 aromatic rings. The van der Waals surface area contributed by atoms with Crippen LogP contribution in [-0.4, -0.2) is 0 Å². The zero-order chi connectivity index (χ0) is 14.8. The average Bonchev–Trinajstić information content (AvgIpc) is 2.50. The molecule has 1 aliphatic rings. The van der Waals surface area contributed by atoms with E-state index in [1.54, 1.807) is 12.1 Å². The van der Waals surface area contributed by atoms with E-state index in [0.717, 1.165) is 19.3 Å². The quantitative estimate of drug-likeness (QED) is 0.662. The van der Waals surface area contributed by atoms with Crippen LogP contribution in [0.3, 0.4) is 0 Å². The maximum atomic E-state index is 14.2. The first-order chi connectivity index (χ1) is 10.2. The maximum Gasteiger partial charge on any atom is 0.129 e. The average molecular weight is 305 g/mol. The highest BCUT2D eigenvalue weighted by molar-refractivity contribution is 6.30. The third kappa shape index (κ3) is 2.82. The highest BCUT2D eigenvalue weighted by Gasteiger charge is 2.29. The van der Waals surface area contributed by atoms with Gasteiger partial charge in [0.25, 0.3) is 0 Å². The molecule has 110 valence electrons. The molecule has 0 saturated heterocycles. The zero-order valence-electron chi connectivity index (χ0n) is 11.7. The van der Waals surface area contributed by atoms with Crippen LogP contribution >= 0.6 is 11.6 Å². The van der Waals surface area contributed by atoms with E-state index in [1.807, 2.05) is 6.07 Å². The van der Waals surface area contributed by atoms with Crippen LogP contribution < -0.4 is 11.3 Å². The molecule has 0 spiro atoms. The van der Waals surface area contributed by atoms with Crippen molar-refractivity contribution in [3.05, 3.63) is 70.0 Å². The van der Waals surface area contributed by atoms with Gasteiger partial charge in [0.15, 0.2) is 0 Å². The minimum Gasteiger partial charge on any atom is -0.271 e. The fraction of sp³-hybridized carbons (Fsp3) is 0.294. The van der Waals surface area contributed by atoms with Crippen molar-refractivity contribution in [2.45, 2.75) is 31.2 Å². The van der Waals surface area contributed by atoms with Crippen LogP contribution in [0.5, 0.6) is 0 Å². The number of halogens is 2. The Hall–Kier alpha value is -1.42. The number of rotatable bonds is 3. The van der Waals surface area contributed by atoms with E-state index in [1.165, 1.54) is 17.2 Å². The molecule has 2 atom stereocenters. The van der Waals surface area contributed by atoms with E-state index in [2.05, 4.69) is 23.6 Å². The van der Waals surface area contributed by atoms with E-state index in [4.69, 9.17) is 17.4 Å². The van der Waals surface area contributed by atoms with E-state index >= 15 is 0 Å². The van der Waals surface area contributed by atoms with Gasteiger partial charge in [0.05, 0.1) is 6.04 Å². The van der Waals surface area contributed by atoms with Gasteiger partial charge in [-0.1, -0.05) is 41.9 Å². The fourth-order valence-corrected chi connectivity index (χ4v) is 3.47. The van der Waals surface area contributed by atoms with Crippen molar-refractivity contribution in [3.63, 3.8) is 0 Å². The lowest BCUT2D eigenvalue weighted by molar-refractivity contribution is 0.395. The molecule has 0 heterocycles. The summed E-state index contributed by atoms with van der Waals surface area (Å²) in [6, 6.07) is 12.9. The Kier molecular flexibility index (Phi) is 4.24. The van der Waals surface area contributed by atoms with Crippen molar-refractivity contribution < 1.29 is 4.39 Å². The van der Waals surface area contributed by atoms with Gasteiger partial charge in [0.2, 0.25) is 0 Å². The Balaban J connectivity index is 2.01. The smallest absolute Gasteiger partial charge is 0.129 e. The van der Waals surface area contributed by atoms with Crippen molar-refractivity contribution in [3.8, 4) is 0 Å². The normalized spacial score (nSPS) is 19.1. The summed E-state index contributed by atoms with van der Waals surface area (Å²) >= 11 is 5.84. The highest BCUT2D eigenvalue weighted by atomic mass is 35.5. The van der Waals surface area contributed by atoms with Crippen LogP contribution in [0.25, 0.3) is 0 Å². The van der Waals surface area contributed by atoms with E-state index in [0.29, 0.717) is 10.6 Å². The number of hydrazine groups is 1. The molecule has 0 bridgehead atoms. The monoisotopic (exact) mass is 304 g/mol. The Labute approximate surface area is 129 Å². The van der Waals surface area contributed by atoms with Crippen LogP contribution in [-0.2, 0) is 6.42 Å². The lowest BCUT2D eigenvalue weighted by Crippen LogP contribution is -2.34. The van der Waals surface area contributed by atoms with Crippen molar-refractivity contribution in [2.75, 3.05) is 0 Å². The summed E-state index contributed by atoms with van der Waals surface area (Å²) in [7, 11) is 0. The molecule has 0 saturated carbocycles. The highest BCUT2D eigenvalue weighted by Crippen LogP contribution is 2.40. The van der Waals surface area contributed by atoms with Gasteiger partial charge in [-0.05, 0) is 42.5 Å². The summed E-state index contributed by atoms with van der Waals surface area (Å²) in [6.07, 6.45) is 3.16. The molecule has 0 amide bonds. The third-order valence-corrected chi connectivity index (χ3v) is 4.53. The number of hydrogen-bond acceptors (Lipinski definition) is 2. The van der Waals surface area contributed by atoms with Crippen molar-refractivity contribution in [1.29, 1.82) is 0 Å². The zero-order valence-corrected chi connectivity index (χ0v) is 12.4. The second kappa shape index (κ2) is 6.14. The molecule has 0 fully saturated rings. The first-order valence-corrected chi connectivity index (χ1v) is 7.57. The minimum atomic E-state index is -0.312. The predicted octanol–water partition coefficient (Wildman–Crippen LogP) is 4.10. The first-order valence-electron chi connectivity index (χ1n) is 7.19. The van der Waals surface area contributed by atoms with Crippen LogP contribution in [0.15, 0.2) is 42.5 Å². The molecule has 1 aliphatic carbocycles. The van der Waals surface area contributed by atoms with Gasteiger partial charge in [0.1, 0.15) is 5.82 Å². The minimum absolute atomic E-state index is 0.177.